The van der Waals surface area contributed by atoms with Crippen molar-refractivity contribution in [3.05, 3.63) is 65.4 Å². The number of fused-ring (bicyclic) bond motifs is 1. The Labute approximate surface area is 188 Å². The molecule has 32 heavy (non-hydrogen) atoms. The van der Waals surface area contributed by atoms with Gasteiger partial charge in [-0.25, -0.2) is 9.97 Å². The molecule has 0 N–H and O–H groups in total. The van der Waals surface area contributed by atoms with Crippen LogP contribution < -0.4 is 0 Å². The molecule has 0 spiro atoms. The van der Waals surface area contributed by atoms with Crippen LogP contribution in [0.5, 0.6) is 0 Å². The molecule has 0 radical (unpaired) electrons. The number of aryl methyl sites for hydroxylation is 1. The van der Waals surface area contributed by atoms with E-state index >= 15 is 0 Å². The summed E-state index contributed by atoms with van der Waals surface area (Å²) in [6.07, 6.45) is 6.83. The highest BCUT2D eigenvalue weighted by molar-refractivity contribution is 5.95. The highest BCUT2D eigenvalue weighted by atomic mass is 16.5. The van der Waals surface area contributed by atoms with E-state index in [-0.39, 0.29) is 11.9 Å². The summed E-state index contributed by atoms with van der Waals surface area (Å²) in [5, 5.41) is 1.15. The molecule has 7 heteroatoms. The molecule has 166 valence electrons. The Balaban J connectivity index is 1.48. The first-order valence-electron chi connectivity index (χ1n) is 11.5. The molecule has 5 rings (SSSR count). The number of hydrogen-bond donors (Lipinski definition) is 0. The Kier molecular flexibility index (Phi) is 6.10. The quantitative estimate of drug-likeness (QED) is 0.629. The number of hydrogen-bond acceptors (Lipinski definition) is 6. The molecule has 2 fully saturated rings. The second-order valence-electron chi connectivity index (χ2n) is 8.60. The average Bonchev–Trinajstić information content (AvgIpc) is 2.85. The smallest absolute Gasteiger partial charge is 0.257 e. The largest absolute Gasteiger partial charge is 0.378 e. The van der Waals surface area contributed by atoms with Gasteiger partial charge in [0.2, 0.25) is 0 Å². The van der Waals surface area contributed by atoms with Crippen molar-refractivity contribution >= 4 is 16.8 Å². The van der Waals surface area contributed by atoms with Gasteiger partial charge in [0.05, 0.1) is 36.0 Å². The number of nitrogens with zero attached hydrogens (tertiary/aromatic N) is 5. The minimum absolute atomic E-state index is 0.0145. The number of pyridine rings is 1. The van der Waals surface area contributed by atoms with E-state index in [2.05, 4.69) is 39.1 Å². The number of rotatable bonds is 4. The summed E-state index contributed by atoms with van der Waals surface area (Å²) in [7, 11) is 0. The summed E-state index contributed by atoms with van der Waals surface area (Å²) < 4.78 is 5.43. The molecule has 4 heterocycles. The van der Waals surface area contributed by atoms with E-state index in [1.54, 1.807) is 6.20 Å². The SMILES string of the molecule is Cc1ncc(C(=O)N2CCOCC2)c(C2CCCCN2Cc2cccc3cccnc23)n1. The van der Waals surface area contributed by atoms with Gasteiger partial charge < -0.3 is 9.64 Å². The van der Waals surface area contributed by atoms with Crippen molar-refractivity contribution in [2.45, 2.75) is 38.8 Å². The van der Waals surface area contributed by atoms with Crippen LogP contribution in [0.3, 0.4) is 0 Å². The number of amides is 1. The van der Waals surface area contributed by atoms with Gasteiger partial charge in [0.15, 0.2) is 0 Å². The molecule has 0 bridgehead atoms. The van der Waals surface area contributed by atoms with E-state index in [0.717, 1.165) is 48.9 Å². The predicted molar refractivity (Wildman–Crippen MR) is 122 cm³/mol. The Morgan fingerprint density at radius 2 is 1.94 bits per heavy atom. The Morgan fingerprint density at radius 3 is 2.81 bits per heavy atom. The second kappa shape index (κ2) is 9.30. The monoisotopic (exact) mass is 431 g/mol. The standard InChI is InChI=1S/C25H29N5O2/c1-18-27-16-21(25(31)29-12-14-32-15-13-29)24(28-18)22-9-2-3-11-30(22)17-20-7-4-6-19-8-5-10-26-23(19)20/h4-8,10,16,22H,2-3,9,11-15,17H2,1H3. The fourth-order valence-corrected chi connectivity index (χ4v) is 4.85. The van der Waals surface area contributed by atoms with Crippen molar-refractivity contribution in [2.75, 3.05) is 32.8 Å². The van der Waals surface area contributed by atoms with Crippen molar-refractivity contribution in [2.24, 2.45) is 0 Å². The van der Waals surface area contributed by atoms with Crippen LogP contribution in [0.15, 0.2) is 42.7 Å². The molecule has 2 aromatic heterocycles. The zero-order valence-corrected chi connectivity index (χ0v) is 18.5. The molecule has 1 atom stereocenters. The van der Waals surface area contributed by atoms with Crippen LogP contribution in [-0.4, -0.2) is 63.5 Å². The van der Waals surface area contributed by atoms with E-state index in [0.29, 0.717) is 37.7 Å². The number of ether oxygens (including phenoxy) is 1. The van der Waals surface area contributed by atoms with Gasteiger partial charge in [-0.2, -0.15) is 0 Å². The lowest BCUT2D eigenvalue weighted by molar-refractivity contribution is 0.0298. The maximum atomic E-state index is 13.4. The number of likely N-dealkylation sites (tertiary alicyclic amines) is 1. The first kappa shape index (κ1) is 21.0. The lowest BCUT2D eigenvalue weighted by atomic mass is 9.95. The summed E-state index contributed by atoms with van der Waals surface area (Å²) in [6.45, 7) is 6.04. The Bertz CT molecular complexity index is 1110. The first-order valence-corrected chi connectivity index (χ1v) is 11.5. The number of piperidine rings is 1. The molecule has 2 aliphatic rings. The maximum Gasteiger partial charge on any atom is 0.257 e. The van der Waals surface area contributed by atoms with Crippen LogP contribution >= 0.6 is 0 Å². The second-order valence-corrected chi connectivity index (χ2v) is 8.60. The number of morpholine rings is 1. The normalized spacial score (nSPS) is 19.9. The summed E-state index contributed by atoms with van der Waals surface area (Å²) >= 11 is 0. The van der Waals surface area contributed by atoms with Crippen molar-refractivity contribution in [3.63, 3.8) is 0 Å². The van der Waals surface area contributed by atoms with Gasteiger partial charge in [-0.1, -0.05) is 30.7 Å². The fraction of sp³-hybridized carbons (Fsp3) is 0.440. The van der Waals surface area contributed by atoms with Crippen molar-refractivity contribution < 1.29 is 9.53 Å². The van der Waals surface area contributed by atoms with Crippen molar-refractivity contribution in [1.29, 1.82) is 0 Å². The zero-order chi connectivity index (χ0) is 21.9. The molecular weight excluding hydrogens is 402 g/mol. The minimum Gasteiger partial charge on any atom is -0.378 e. The first-order chi connectivity index (χ1) is 15.7. The van der Waals surface area contributed by atoms with Gasteiger partial charge in [-0.3, -0.25) is 14.7 Å². The maximum absolute atomic E-state index is 13.4. The summed E-state index contributed by atoms with van der Waals surface area (Å²) in [4.78, 5) is 31.5. The van der Waals surface area contributed by atoms with Crippen LogP contribution in [-0.2, 0) is 11.3 Å². The van der Waals surface area contributed by atoms with Crippen molar-refractivity contribution in [1.82, 2.24) is 24.8 Å². The molecule has 1 unspecified atom stereocenters. The van der Waals surface area contributed by atoms with E-state index in [1.807, 2.05) is 24.1 Å². The highest BCUT2D eigenvalue weighted by Gasteiger charge is 2.31. The third kappa shape index (κ3) is 4.23. The van der Waals surface area contributed by atoms with Crippen LogP contribution in [0, 0.1) is 6.92 Å². The van der Waals surface area contributed by atoms with Crippen molar-refractivity contribution in [3.8, 4) is 0 Å². The van der Waals surface area contributed by atoms with Gasteiger partial charge in [0.25, 0.3) is 5.91 Å². The predicted octanol–water partition coefficient (Wildman–Crippen LogP) is 3.53. The van der Waals surface area contributed by atoms with Crippen LogP contribution in [0.4, 0.5) is 0 Å². The third-order valence-electron chi connectivity index (χ3n) is 6.49. The molecule has 0 aliphatic carbocycles. The number of carbonyl (C=O) groups is 1. The number of aromatic nitrogens is 3. The third-order valence-corrected chi connectivity index (χ3v) is 6.49. The molecule has 1 aromatic carbocycles. The fourth-order valence-electron chi connectivity index (χ4n) is 4.85. The van der Waals surface area contributed by atoms with Gasteiger partial charge in [-0.15, -0.1) is 0 Å². The Hall–Kier alpha value is -2.90. The van der Waals surface area contributed by atoms with Crippen LogP contribution in [0.1, 0.15) is 52.7 Å². The van der Waals surface area contributed by atoms with Gasteiger partial charge in [0, 0.05) is 37.4 Å². The van der Waals surface area contributed by atoms with E-state index in [4.69, 9.17) is 9.72 Å². The van der Waals surface area contributed by atoms with E-state index in [9.17, 15) is 4.79 Å². The van der Waals surface area contributed by atoms with Crippen LogP contribution in [0.25, 0.3) is 10.9 Å². The molecule has 1 amide bonds. The van der Waals surface area contributed by atoms with E-state index in [1.165, 1.54) is 5.56 Å². The number of para-hydroxylation sites is 1. The lowest BCUT2D eigenvalue weighted by Crippen LogP contribution is -2.42. The summed E-state index contributed by atoms with van der Waals surface area (Å²) in [5.41, 5.74) is 3.75. The lowest BCUT2D eigenvalue weighted by Gasteiger charge is -2.37. The molecular formula is C25H29N5O2. The highest BCUT2D eigenvalue weighted by Crippen LogP contribution is 2.34. The zero-order valence-electron chi connectivity index (χ0n) is 18.5. The van der Waals surface area contributed by atoms with Gasteiger partial charge in [-0.05, 0) is 37.9 Å². The molecule has 0 saturated carbocycles. The Morgan fingerprint density at radius 1 is 1.09 bits per heavy atom. The van der Waals surface area contributed by atoms with E-state index < -0.39 is 0 Å². The average molecular weight is 432 g/mol. The van der Waals surface area contributed by atoms with Crippen LogP contribution in [0.2, 0.25) is 0 Å². The van der Waals surface area contributed by atoms with Gasteiger partial charge in [0.1, 0.15) is 5.82 Å². The number of carbonyl (C=O) groups excluding carboxylic acids is 1. The number of benzene rings is 1. The summed E-state index contributed by atoms with van der Waals surface area (Å²) in [6, 6.07) is 10.5. The molecule has 3 aromatic rings. The molecule has 2 aliphatic heterocycles. The molecule has 2 saturated heterocycles. The van der Waals surface area contributed by atoms with Gasteiger partial charge >= 0.3 is 0 Å². The summed E-state index contributed by atoms with van der Waals surface area (Å²) in [5.74, 6) is 0.719. The topological polar surface area (TPSA) is 71.5 Å². The minimum atomic E-state index is 0.0145. The molecule has 7 nitrogen and oxygen atoms in total.